The Hall–Kier alpha value is -1.57. The highest BCUT2D eigenvalue weighted by molar-refractivity contribution is 6.07. The SMILES string of the molecule is CC1(C)C=CC(=O)c2cc(O)ccc21. The van der Waals surface area contributed by atoms with Crippen LogP contribution in [0.25, 0.3) is 0 Å². The second-order valence-corrected chi connectivity index (χ2v) is 4.15. The van der Waals surface area contributed by atoms with E-state index in [1.165, 1.54) is 6.07 Å². The fourth-order valence-corrected chi connectivity index (χ4v) is 1.76. The van der Waals surface area contributed by atoms with E-state index in [1.807, 2.05) is 26.0 Å². The summed E-state index contributed by atoms with van der Waals surface area (Å²) in [5.41, 5.74) is 1.46. The van der Waals surface area contributed by atoms with Crippen molar-refractivity contribution in [2.45, 2.75) is 19.3 Å². The molecule has 2 rings (SSSR count). The molecule has 0 heterocycles. The van der Waals surface area contributed by atoms with Gasteiger partial charge in [-0.25, -0.2) is 0 Å². The van der Waals surface area contributed by atoms with E-state index >= 15 is 0 Å². The first-order valence-corrected chi connectivity index (χ1v) is 4.58. The molecule has 1 N–H and O–H groups in total. The third kappa shape index (κ3) is 1.23. The average Bonchev–Trinajstić information content (AvgIpc) is 2.12. The van der Waals surface area contributed by atoms with Crippen LogP contribution in [0.1, 0.15) is 29.8 Å². The molecule has 0 aliphatic heterocycles. The van der Waals surface area contributed by atoms with Crippen LogP contribution in [0.15, 0.2) is 30.4 Å². The summed E-state index contributed by atoms with van der Waals surface area (Å²) in [5.74, 6) is 0.110. The van der Waals surface area contributed by atoms with Crippen LogP contribution in [0.5, 0.6) is 5.75 Å². The first kappa shape index (κ1) is 9.00. The zero-order valence-electron chi connectivity index (χ0n) is 8.24. The summed E-state index contributed by atoms with van der Waals surface area (Å²) in [5, 5.41) is 9.30. The van der Waals surface area contributed by atoms with Crippen LogP contribution in [-0.4, -0.2) is 10.9 Å². The van der Waals surface area contributed by atoms with Crippen LogP contribution < -0.4 is 0 Å². The quantitative estimate of drug-likeness (QED) is 0.678. The van der Waals surface area contributed by atoms with Crippen molar-refractivity contribution >= 4 is 5.78 Å². The highest BCUT2D eigenvalue weighted by atomic mass is 16.3. The summed E-state index contributed by atoms with van der Waals surface area (Å²) in [6, 6.07) is 4.96. The lowest BCUT2D eigenvalue weighted by Crippen LogP contribution is -2.22. The topological polar surface area (TPSA) is 37.3 Å². The van der Waals surface area contributed by atoms with Crippen LogP contribution in [0.3, 0.4) is 0 Å². The van der Waals surface area contributed by atoms with Crippen molar-refractivity contribution < 1.29 is 9.90 Å². The van der Waals surface area contributed by atoms with E-state index in [0.717, 1.165) is 5.56 Å². The van der Waals surface area contributed by atoms with Gasteiger partial charge >= 0.3 is 0 Å². The van der Waals surface area contributed by atoms with E-state index in [4.69, 9.17) is 0 Å². The number of carbonyl (C=O) groups excluding carboxylic acids is 1. The molecule has 0 spiro atoms. The Morgan fingerprint density at radius 3 is 2.71 bits per heavy atom. The number of rotatable bonds is 0. The number of benzene rings is 1. The van der Waals surface area contributed by atoms with Gasteiger partial charge in [0.05, 0.1) is 0 Å². The van der Waals surface area contributed by atoms with Gasteiger partial charge in [0.2, 0.25) is 0 Å². The summed E-state index contributed by atoms with van der Waals surface area (Å²) in [6.07, 6.45) is 3.47. The van der Waals surface area contributed by atoms with Crippen LogP contribution >= 0.6 is 0 Å². The molecule has 14 heavy (non-hydrogen) atoms. The van der Waals surface area contributed by atoms with Gasteiger partial charge in [0, 0.05) is 11.0 Å². The fourth-order valence-electron chi connectivity index (χ4n) is 1.76. The van der Waals surface area contributed by atoms with Gasteiger partial charge in [-0.3, -0.25) is 4.79 Å². The van der Waals surface area contributed by atoms with Gasteiger partial charge in [-0.05, 0) is 23.8 Å². The number of phenolic OH excluding ortho intramolecular Hbond substituents is 1. The van der Waals surface area contributed by atoms with Crippen molar-refractivity contribution in [2.24, 2.45) is 0 Å². The van der Waals surface area contributed by atoms with Gasteiger partial charge < -0.3 is 5.11 Å². The molecule has 2 heteroatoms. The Bertz CT molecular complexity index is 428. The molecule has 0 radical (unpaired) electrons. The van der Waals surface area contributed by atoms with Crippen molar-refractivity contribution in [1.29, 1.82) is 0 Å². The Kier molecular flexibility index (Phi) is 1.74. The number of fused-ring (bicyclic) bond motifs is 1. The summed E-state index contributed by atoms with van der Waals surface area (Å²) in [7, 11) is 0. The Balaban J connectivity index is 2.69. The van der Waals surface area contributed by atoms with Gasteiger partial charge in [-0.1, -0.05) is 26.0 Å². The molecule has 1 aromatic rings. The van der Waals surface area contributed by atoms with E-state index in [1.54, 1.807) is 12.1 Å². The van der Waals surface area contributed by atoms with Crippen molar-refractivity contribution in [1.82, 2.24) is 0 Å². The first-order chi connectivity index (χ1) is 6.50. The molecule has 2 nitrogen and oxygen atoms in total. The predicted octanol–water partition coefficient (Wildman–Crippen LogP) is 2.42. The van der Waals surface area contributed by atoms with Crippen LogP contribution in [-0.2, 0) is 5.41 Å². The molecule has 0 bridgehead atoms. The number of phenols is 1. The largest absolute Gasteiger partial charge is 0.508 e. The Labute approximate surface area is 82.9 Å². The molecule has 72 valence electrons. The molecular formula is C12H12O2. The van der Waals surface area contributed by atoms with Gasteiger partial charge in [-0.15, -0.1) is 0 Å². The van der Waals surface area contributed by atoms with E-state index in [2.05, 4.69) is 0 Å². The van der Waals surface area contributed by atoms with E-state index in [0.29, 0.717) is 5.56 Å². The zero-order chi connectivity index (χ0) is 10.3. The minimum absolute atomic E-state index is 0.0322. The maximum atomic E-state index is 11.5. The first-order valence-electron chi connectivity index (χ1n) is 4.58. The molecule has 1 aliphatic rings. The van der Waals surface area contributed by atoms with Crippen molar-refractivity contribution in [3.05, 3.63) is 41.5 Å². The van der Waals surface area contributed by atoms with E-state index in [-0.39, 0.29) is 16.9 Å². The standard InChI is InChI=1S/C12H12O2/c1-12(2)6-5-11(14)9-7-8(13)3-4-10(9)12/h3-7,13H,1-2H3. The lowest BCUT2D eigenvalue weighted by atomic mass is 9.77. The summed E-state index contributed by atoms with van der Waals surface area (Å²) in [6.45, 7) is 4.09. The molecule has 0 amide bonds. The molecule has 1 aliphatic carbocycles. The molecule has 0 saturated heterocycles. The number of hydrogen-bond acceptors (Lipinski definition) is 2. The number of aromatic hydroxyl groups is 1. The minimum atomic E-state index is -0.128. The highest BCUT2D eigenvalue weighted by Gasteiger charge is 2.27. The zero-order valence-corrected chi connectivity index (χ0v) is 8.24. The highest BCUT2D eigenvalue weighted by Crippen LogP contribution is 2.33. The number of carbonyl (C=O) groups is 1. The molecule has 0 saturated carbocycles. The molecule has 0 unspecified atom stereocenters. The fraction of sp³-hybridized carbons (Fsp3) is 0.250. The monoisotopic (exact) mass is 188 g/mol. The summed E-state index contributed by atoms with van der Waals surface area (Å²) < 4.78 is 0. The molecule has 0 fully saturated rings. The van der Waals surface area contributed by atoms with Gasteiger partial charge in [0.1, 0.15) is 5.75 Å². The van der Waals surface area contributed by atoms with E-state index in [9.17, 15) is 9.90 Å². The van der Waals surface area contributed by atoms with Crippen LogP contribution in [0, 0.1) is 0 Å². The van der Waals surface area contributed by atoms with E-state index < -0.39 is 0 Å². The molecular weight excluding hydrogens is 176 g/mol. The second kappa shape index (κ2) is 2.71. The van der Waals surface area contributed by atoms with Crippen LogP contribution in [0.2, 0.25) is 0 Å². The molecule has 1 aromatic carbocycles. The van der Waals surface area contributed by atoms with Gasteiger partial charge in [-0.2, -0.15) is 0 Å². The lowest BCUT2D eigenvalue weighted by molar-refractivity contribution is 0.104. The third-order valence-corrected chi connectivity index (χ3v) is 2.61. The second-order valence-electron chi connectivity index (χ2n) is 4.15. The Morgan fingerprint density at radius 1 is 1.29 bits per heavy atom. The third-order valence-electron chi connectivity index (χ3n) is 2.61. The maximum absolute atomic E-state index is 11.5. The summed E-state index contributed by atoms with van der Waals surface area (Å²) in [4.78, 5) is 11.5. The number of ketones is 1. The van der Waals surface area contributed by atoms with Crippen LogP contribution in [0.4, 0.5) is 0 Å². The average molecular weight is 188 g/mol. The number of hydrogen-bond donors (Lipinski definition) is 1. The van der Waals surface area contributed by atoms with Gasteiger partial charge in [0.25, 0.3) is 0 Å². The number of allylic oxidation sites excluding steroid dienone is 2. The molecule has 0 atom stereocenters. The van der Waals surface area contributed by atoms with Crippen molar-refractivity contribution in [3.63, 3.8) is 0 Å². The maximum Gasteiger partial charge on any atom is 0.185 e. The normalized spacial score (nSPS) is 18.0. The van der Waals surface area contributed by atoms with Crippen molar-refractivity contribution in [3.8, 4) is 5.75 Å². The van der Waals surface area contributed by atoms with Crippen molar-refractivity contribution in [2.75, 3.05) is 0 Å². The predicted molar refractivity (Wildman–Crippen MR) is 54.6 cm³/mol. The minimum Gasteiger partial charge on any atom is -0.508 e. The Morgan fingerprint density at radius 2 is 2.00 bits per heavy atom. The molecule has 0 aromatic heterocycles. The van der Waals surface area contributed by atoms with Gasteiger partial charge in [0.15, 0.2) is 5.78 Å². The lowest BCUT2D eigenvalue weighted by Gasteiger charge is -2.26. The summed E-state index contributed by atoms with van der Waals surface area (Å²) >= 11 is 0. The smallest absolute Gasteiger partial charge is 0.185 e.